The third kappa shape index (κ3) is 4.86. The first kappa shape index (κ1) is 20.7. The Morgan fingerprint density at radius 2 is 1.79 bits per heavy atom. The molecule has 0 spiro atoms. The third-order valence-electron chi connectivity index (χ3n) is 4.53. The highest BCUT2D eigenvalue weighted by Crippen LogP contribution is 2.31. The van der Waals surface area contributed by atoms with Crippen molar-refractivity contribution in [1.82, 2.24) is 5.32 Å². The van der Waals surface area contributed by atoms with Gasteiger partial charge < -0.3 is 15.7 Å². The fourth-order valence-corrected chi connectivity index (χ4v) is 4.83. The Balaban J connectivity index is 1.66. The molecular weight excluding hydrogens is 394 g/mol. The lowest BCUT2D eigenvalue weighted by Crippen LogP contribution is -2.33. The molecule has 154 valence electrons. The molecule has 0 radical (unpaired) electrons. The number of phenols is 1. The molecule has 2 amide bonds. The Hall–Kier alpha value is -3.07. The zero-order valence-corrected chi connectivity index (χ0v) is 17.0. The van der Waals surface area contributed by atoms with Crippen LogP contribution in [0.3, 0.4) is 0 Å². The average molecular weight is 417 g/mol. The van der Waals surface area contributed by atoms with E-state index in [-0.39, 0.29) is 29.6 Å². The van der Waals surface area contributed by atoms with Crippen molar-refractivity contribution in [2.24, 2.45) is 0 Å². The van der Waals surface area contributed by atoms with Gasteiger partial charge in [-0.1, -0.05) is 17.2 Å². The van der Waals surface area contributed by atoms with Crippen LogP contribution in [0.2, 0.25) is 0 Å². The molecule has 1 aliphatic rings. The van der Waals surface area contributed by atoms with Gasteiger partial charge in [0.05, 0.1) is 23.7 Å². The molecule has 0 aliphatic carbocycles. The van der Waals surface area contributed by atoms with E-state index in [2.05, 4.69) is 10.6 Å². The summed E-state index contributed by atoms with van der Waals surface area (Å²) in [6, 6.07) is 9.61. The van der Waals surface area contributed by atoms with Crippen LogP contribution in [0.4, 0.5) is 11.4 Å². The second kappa shape index (κ2) is 8.12. The standard InChI is InChI=1S/C20H23N3O5S/c1-13-8-14(2)10-15(9-13)20(26)21-12-19(25)22-17-11-16(4-5-18(17)24)23-6-3-7-29(23,27)28/h4-5,8-11,24H,3,6-7,12H2,1-2H3,(H,21,26)(H,22,25). The average Bonchev–Trinajstić information content (AvgIpc) is 3.00. The van der Waals surface area contributed by atoms with Crippen LogP contribution in [0.25, 0.3) is 0 Å². The second-order valence-corrected chi connectivity index (χ2v) is 9.06. The molecule has 0 atom stereocenters. The van der Waals surface area contributed by atoms with Crippen molar-refractivity contribution in [1.29, 1.82) is 0 Å². The Morgan fingerprint density at radius 1 is 1.10 bits per heavy atom. The van der Waals surface area contributed by atoms with Crippen molar-refractivity contribution < 1.29 is 23.1 Å². The zero-order valence-electron chi connectivity index (χ0n) is 16.2. The number of rotatable bonds is 5. The number of anilines is 2. The monoisotopic (exact) mass is 417 g/mol. The van der Waals surface area contributed by atoms with E-state index < -0.39 is 15.9 Å². The highest BCUT2D eigenvalue weighted by molar-refractivity contribution is 7.93. The van der Waals surface area contributed by atoms with E-state index in [1.54, 1.807) is 12.1 Å². The van der Waals surface area contributed by atoms with Gasteiger partial charge in [0.25, 0.3) is 5.91 Å². The minimum absolute atomic E-state index is 0.0695. The van der Waals surface area contributed by atoms with E-state index in [1.807, 2.05) is 19.9 Å². The number of carbonyl (C=O) groups excluding carboxylic acids is 2. The summed E-state index contributed by atoms with van der Waals surface area (Å²) in [5.74, 6) is -1.05. The number of nitrogens with zero attached hydrogens (tertiary/aromatic N) is 1. The van der Waals surface area contributed by atoms with Crippen molar-refractivity contribution in [3.05, 3.63) is 53.1 Å². The fraction of sp³-hybridized carbons (Fsp3) is 0.300. The lowest BCUT2D eigenvalue weighted by molar-refractivity contribution is -0.115. The van der Waals surface area contributed by atoms with Crippen LogP contribution in [-0.2, 0) is 14.8 Å². The maximum Gasteiger partial charge on any atom is 0.251 e. The number of sulfonamides is 1. The van der Waals surface area contributed by atoms with E-state index in [0.29, 0.717) is 24.2 Å². The normalized spacial score (nSPS) is 15.2. The number of nitrogens with one attached hydrogen (secondary N) is 2. The van der Waals surface area contributed by atoms with Gasteiger partial charge >= 0.3 is 0 Å². The molecule has 2 aromatic carbocycles. The number of phenolic OH excluding ortho intramolecular Hbond substituents is 1. The Bertz CT molecular complexity index is 1050. The topological polar surface area (TPSA) is 116 Å². The molecule has 29 heavy (non-hydrogen) atoms. The number of carbonyl (C=O) groups is 2. The molecule has 1 heterocycles. The smallest absolute Gasteiger partial charge is 0.251 e. The van der Waals surface area contributed by atoms with Gasteiger partial charge in [0, 0.05) is 12.1 Å². The fourth-order valence-electron chi connectivity index (χ4n) is 3.27. The van der Waals surface area contributed by atoms with Crippen LogP contribution >= 0.6 is 0 Å². The summed E-state index contributed by atoms with van der Waals surface area (Å²) in [7, 11) is -3.38. The molecular formula is C20H23N3O5S. The van der Waals surface area contributed by atoms with Crippen molar-refractivity contribution in [2.75, 3.05) is 28.5 Å². The molecule has 0 bridgehead atoms. The Morgan fingerprint density at radius 3 is 2.41 bits per heavy atom. The molecule has 8 nitrogen and oxygen atoms in total. The van der Waals surface area contributed by atoms with Crippen LogP contribution in [0.5, 0.6) is 5.75 Å². The number of aromatic hydroxyl groups is 1. The maximum absolute atomic E-state index is 12.3. The second-order valence-electron chi connectivity index (χ2n) is 7.05. The van der Waals surface area contributed by atoms with E-state index in [1.165, 1.54) is 22.5 Å². The van der Waals surface area contributed by atoms with E-state index in [9.17, 15) is 23.1 Å². The van der Waals surface area contributed by atoms with Crippen LogP contribution in [0.15, 0.2) is 36.4 Å². The van der Waals surface area contributed by atoms with Gasteiger partial charge in [0.15, 0.2) is 0 Å². The number of hydrogen-bond acceptors (Lipinski definition) is 5. The maximum atomic E-state index is 12.3. The summed E-state index contributed by atoms with van der Waals surface area (Å²) in [6.07, 6.45) is 0.523. The molecule has 3 N–H and O–H groups in total. The highest BCUT2D eigenvalue weighted by atomic mass is 32.2. The number of aryl methyl sites for hydroxylation is 2. The Kier molecular flexibility index (Phi) is 5.78. The molecule has 0 saturated carbocycles. The summed E-state index contributed by atoms with van der Waals surface area (Å²) >= 11 is 0. The van der Waals surface area contributed by atoms with E-state index in [4.69, 9.17) is 0 Å². The predicted molar refractivity (Wildman–Crippen MR) is 111 cm³/mol. The lowest BCUT2D eigenvalue weighted by atomic mass is 10.1. The summed E-state index contributed by atoms with van der Waals surface area (Å²) in [5.41, 5.74) is 2.79. The van der Waals surface area contributed by atoms with Gasteiger partial charge in [-0.25, -0.2) is 8.42 Å². The summed E-state index contributed by atoms with van der Waals surface area (Å²) in [6.45, 7) is 3.82. The molecule has 1 saturated heterocycles. The molecule has 0 aromatic heterocycles. The lowest BCUT2D eigenvalue weighted by Gasteiger charge is -2.18. The van der Waals surface area contributed by atoms with Crippen LogP contribution in [0, 0.1) is 13.8 Å². The Labute approximate surface area is 169 Å². The quantitative estimate of drug-likeness (QED) is 0.643. The van der Waals surface area contributed by atoms with Gasteiger partial charge in [-0.05, 0) is 50.6 Å². The van der Waals surface area contributed by atoms with Crippen molar-refractivity contribution >= 4 is 33.2 Å². The molecule has 3 rings (SSSR count). The molecule has 2 aromatic rings. The van der Waals surface area contributed by atoms with Gasteiger partial charge in [-0.2, -0.15) is 0 Å². The minimum atomic E-state index is -3.38. The van der Waals surface area contributed by atoms with Crippen molar-refractivity contribution in [2.45, 2.75) is 20.3 Å². The molecule has 1 fully saturated rings. The van der Waals surface area contributed by atoms with Crippen LogP contribution < -0.4 is 14.9 Å². The van der Waals surface area contributed by atoms with Gasteiger partial charge in [-0.3, -0.25) is 13.9 Å². The summed E-state index contributed by atoms with van der Waals surface area (Å²) in [4.78, 5) is 24.5. The zero-order chi connectivity index (χ0) is 21.2. The largest absolute Gasteiger partial charge is 0.506 e. The van der Waals surface area contributed by atoms with Gasteiger partial charge in [0.1, 0.15) is 5.75 Å². The van der Waals surface area contributed by atoms with Crippen molar-refractivity contribution in [3.63, 3.8) is 0 Å². The SMILES string of the molecule is Cc1cc(C)cc(C(=O)NCC(=O)Nc2cc(N3CCCS3(=O)=O)ccc2O)c1. The first-order chi connectivity index (χ1) is 13.7. The first-order valence-corrected chi connectivity index (χ1v) is 10.8. The first-order valence-electron chi connectivity index (χ1n) is 9.15. The molecule has 0 unspecified atom stereocenters. The van der Waals surface area contributed by atoms with E-state index >= 15 is 0 Å². The summed E-state index contributed by atoms with van der Waals surface area (Å²) < 4.78 is 25.4. The third-order valence-corrected chi connectivity index (χ3v) is 6.40. The van der Waals surface area contributed by atoms with Crippen LogP contribution in [-0.4, -0.2) is 44.2 Å². The summed E-state index contributed by atoms with van der Waals surface area (Å²) in [5, 5.41) is 15.0. The molecule has 1 aliphatic heterocycles. The number of hydrogen-bond donors (Lipinski definition) is 3. The van der Waals surface area contributed by atoms with Crippen molar-refractivity contribution in [3.8, 4) is 5.75 Å². The van der Waals surface area contributed by atoms with E-state index in [0.717, 1.165) is 11.1 Å². The number of amides is 2. The predicted octanol–water partition coefficient (Wildman–Crippen LogP) is 1.92. The number of benzene rings is 2. The van der Waals surface area contributed by atoms with Gasteiger partial charge in [-0.15, -0.1) is 0 Å². The minimum Gasteiger partial charge on any atom is -0.506 e. The molecule has 9 heteroatoms. The highest BCUT2D eigenvalue weighted by Gasteiger charge is 2.28. The van der Waals surface area contributed by atoms with Gasteiger partial charge in [0.2, 0.25) is 15.9 Å². The van der Waals surface area contributed by atoms with Crippen LogP contribution in [0.1, 0.15) is 27.9 Å².